The number of benzene rings is 3. The van der Waals surface area contributed by atoms with Crippen molar-refractivity contribution in [2.75, 3.05) is 5.32 Å². The number of carbonyl (C=O) groups excluding carboxylic acids is 1. The third-order valence-electron chi connectivity index (χ3n) is 5.13. The summed E-state index contributed by atoms with van der Waals surface area (Å²) in [7, 11) is 0. The Morgan fingerprint density at radius 3 is 2.50 bits per heavy atom. The van der Waals surface area contributed by atoms with E-state index >= 15 is 0 Å². The highest BCUT2D eigenvalue weighted by molar-refractivity contribution is 6.31. The normalized spacial score (nSPS) is 13.3. The van der Waals surface area contributed by atoms with Gasteiger partial charge >= 0.3 is 5.97 Å². The molecule has 0 saturated heterocycles. The van der Waals surface area contributed by atoms with Crippen LogP contribution in [0.1, 0.15) is 45.5 Å². The second-order valence-corrected chi connectivity index (χ2v) is 7.58. The van der Waals surface area contributed by atoms with Crippen molar-refractivity contribution in [3.8, 4) is 11.8 Å². The number of aromatic carboxylic acids is 1. The van der Waals surface area contributed by atoms with E-state index < -0.39 is 11.9 Å². The first-order valence-corrected chi connectivity index (χ1v) is 9.81. The van der Waals surface area contributed by atoms with E-state index in [1.807, 2.05) is 12.1 Å². The summed E-state index contributed by atoms with van der Waals surface area (Å²) in [5.41, 5.74) is 0.400. The molecule has 1 amide bonds. The van der Waals surface area contributed by atoms with E-state index in [2.05, 4.69) is 5.32 Å². The molecular weight excluding hydrogens is 404 g/mol. The summed E-state index contributed by atoms with van der Waals surface area (Å²) in [6.45, 7) is 0. The van der Waals surface area contributed by atoms with Crippen molar-refractivity contribution in [3.05, 3.63) is 70.2 Å². The van der Waals surface area contributed by atoms with Crippen molar-refractivity contribution in [2.45, 2.75) is 25.4 Å². The Hall–Kier alpha value is -3.56. The van der Waals surface area contributed by atoms with Gasteiger partial charge in [-0.2, -0.15) is 5.26 Å². The number of nitrogens with one attached hydrogen (secondary N) is 1. The summed E-state index contributed by atoms with van der Waals surface area (Å²) in [4.78, 5) is 24.5. The zero-order valence-corrected chi connectivity index (χ0v) is 16.6. The van der Waals surface area contributed by atoms with Crippen molar-refractivity contribution in [1.82, 2.24) is 0 Å². The van der Waals surface area contributed by atoms with Gasteiger partial charge in [-0.25, -0.2) is 4.79 Å². The van der Waals surface area contributed by atoms with Gasteiger partial charge in [0.25, 0.3) is 5.91 Å². The van der Waals surface area contributed by atoms with E-state index in [-0.39, 0.29) is 28.7 Å². The number of carbonyl (C=O) groups is 2. The summed E-state index contributed by atoms with van der Waals surface area (Å²) in [6, 6.07) is 15.1. The van der Waals surface area contributed by atoms with E-state index in [0.29, 0.717) is 10.6 Å². The predicted octanol–water partition coefficient (Wildman–Crippen LogP) is 5.25. The van der Waals surface area contributed by atoms with E-state index in [9.17, 15) is 20.0 Å². The zero-order chi connectivity index (χ0) is 21.3. The Labute approximate surface area is 177 Å². The molecule has 6 nitrogen and oxygen atoms in total. The van der Waals surface area contributed by atoms with Gasteiger partial charge < -0.3 is 15.2 Å². The van der Waals surface area contributed by atoms with Gasteiger partial charge in [0.1, 0.15) is 11.8 Å². The number of nitriles is 1. The largest absolute Gasteiger partial charge is 0.489 e. The molecule has 4 rings (SSSR count). The fourth-order valence-electron chi connectivity index (χ4n) is 3.27. The van der Waals surface area contributed by atoms with Crippen LogP contribution in [0.2, 0.25) is 5.02 Å². The standard InChI is InChI=1S/C23H17ClN2O4/c24-17-7-6-13-8-15(5-4-14(13)9-17)22(27)26-20-11-21(30-18-2-1-3-18)16(12-25)10-19(20)23(28)29/h4-11,18H,1-3H2,(H,26,27)(H,28,29). The lowest BCUT2D eigenvalue weighted by Gasteiger charge is -2.27. The van der Waals surface area contributed by atoms with Crippen LogP contribution < -0.4 is 10.1 Å². The Kier molecular flexibility index (Phi) is 5.30. The maximum absolute atomic E-state index is 12.8. The van der Waals surface area contributed by atoms with Crippen molar-refractivity contribution < 1.29 is 19.4 Å². The molecule has 0 atom stereocenters. The number of rotatable bonds is 5. The Bertz CT molecular complexity index is 1210. The molecular formula is C23H17ClN2O4. The van der Waals surface area contributed by atoms with Crippen LogP contribution in [0, 0.1) is 11.3 Å². The monoisotopic (exact) mass is 420 g/mol. The minimum absolute atomic E-state index is 0.00337. The molecule has 1 aliphatic rings. The molecule has 2 N–H and O–H groups in total. The van der Waals surface area contributed by atoms with Crippen LogP contribution in [-0.4, -0.2) is 23.1 Å². The van der Waals surface area contributed by atoms with E-state index in [4.69, 9.17) is 16.3 Å². The molecule has 0 spiro atoms. The number of halogens is 1. The Balaban J connectivity index is 1.67. The highest BCUT2D eigenvalue weighted by Crippen LogP contribution is 2.32. The molecule has 0 heterocycles. The molecule has 30 heavy (non-hydrogen) atoms. The number of fused-ring (bicyclic) bond motifs is 1. The fraction of sp³-hybridized carbons (Fsp3) is 0.174. The van der Waals surface area contributed by atoms with Crippen molar-refractivity contribution in [1.29, 1.82) is 5.26 Å². The third-order valence-corrected chi connectivity index (χ3v) is 5.36. The number of hydrogen-bond acceptors (Lipinski definition) is 4. The van der Waals surface area contributed by atoms with Crippen molar-refractivity contribution in [3.63, 3.8) is 0 Å². The fourth-order valence-corrected chi connectivity index (χ4v) is 3.45. The Morgan fingerprint density at radius 2 is 1.83 bits per heavy atom. The topological polar surface area (TPSA) is 99.4 Å². The van der Waals surface area contributed by atoms with Crippen LogP contribution in [0.4, 0.5) is 5.69 Å². The van der Waals surface area contributed by atoms with Crippen LogP contribution >= 0.6 is 11.6 Å². The lowest BCUT2D eigenvalue weighted by atomic mass is 9.96. The molecule has 150 valence electrons. The summed E-state index contributed by atoms with van der Waals surface area (Å²) in [6.07, 6.45) is 2.82. The maximum Gasteiger partial charge on any atom is 0.337 e. The molecule has 1 fully saturated rings. The molecule has 0 aliphatic heterocycles. The molecule has 1 aliphatic carbocycles. The average Bonchev–Trinajstić information content (AvgIpc) is 2.70. The number of ether oxygens (including phenoxy) is 1. The molecule has 3 aromatic rings. The minimum atomic E-state index is -1.25. The van der Waals surface area contributed by atoms with E-state index in [1.54, 1.807) is 30.3 Å². The van der Waals surface area contributed by atoms with Crippen molar-refractivity contribution >= 4 is 39.9 Å². The first-order chi connectivity index (χ1) is 14.4. The number of anilines is 1. The second kappa shape index (κ2) is 8.05. The van der Waals surface area contributed by atoms with Crippen LogP contribution in [-0.2, 0) is 0 Å². The zero-order valence-electron chi connectivity index (χ0n) is 15.8. The first-order valence-electron chi connectivity index (χ1n) is 9.43. The van der Waals surface area contributed by atoms with Gasteiger partial charge in [-0.05, 0) is 60.4 Å². The van der Waals surface area contributed by atoms with Gasteiger partial charge in [0.15, 0.2) is 0 Å². The van der Waals surface area contributed by atoms with Crippen molar-refractivity contribution in [2.24, 2.45) is 0 Å². The van der Waals surface area contributed by atoms with E-state index in [0.717, 1.165) is 30.0 Å². The summed E-state index contributed by atoms with van der Waals surface area (Å²) in [5.74, 6) is -1.44. The molecule has 3 aromatic carbocycles. The Morgan fingerprint density at radius 1 is 1.10 bits per heavy atom. The number of carboxylic acids is 1. The SMILES string of the molecule is N#Cc1cc(C(=O)O)c(NC(=O)c2ccc3cc(Cl)ccc3c2)cc1OC1CCC1. The number of hydrogen-bond donors (Lipinski definition) is 2. The second-order valence-electron chi connectivity index (χ2n) is 7.14. The minimum Gasteiger partial charge on any atom is -0.489 e. The van der Waals surface area contributed by atoms with Gasteiger partial charge in [0.05, 0.1) is 22.9 Å². The van der Waals surface area contributed by atoms with Gasteiger partial charge in [0, 0.05) is 16.7 Å². The molecule has 0 unspecified atom stereocenters. The molecule has 0 radical (unpaired) electrons. The summed E-state index contributed by atoms with van der Waals surface area (Å²) < 4.78 is 5.82. The molecule has 1 saturated carbocycles. The lowest BCUT2D eigenvalue weighted by Crippen LogP contribution is -2.25. The van der Waals surface area contributed by atoms with Gasteiger partial charge in [-0.1, -0.05) is 23.7 Å². The lowest BCUT2D eigenvalue weighted by molar-refractivity contribution is 0.0698. The quantitative estimate of drug-likeness (QED) is 0.587. The van der Waals surface area contributed by atoms with Gasteiger partial charge in [-0.15, -0.1) is 0 Å². The van der Waals surface area contributed by atoms with Gasteiger partial charge in [0.2, 0.25) is 0 Å². The predicted molar refractivity (Wildman–Crippen MR) is 113 cm³/mol. The number of amides is 1. The highest BCUT2D eigenvalue weighted by atomic mass is 35.5. The smallest absolute Gasteiger partial charge is 0.337 e. The number of nitrogens with zero attached hydrogens (tertiary/aromatic N) is 1. The summed E-state index contributed by atoms with van der Waals surface area (Å²) in [5, 5.41) is 23.9. The summed E-state index contributed by atoms with van der Waals surface area (Å²) >= 11 is 6.00. The molecule has 0 bridgehead atoms. The van der Waals surface area contributed by atoms with Crippen LogP contribution in [0.3, 0.4) is 0 Å². The molecule has 0 aromatic heterocycles. The first kappa shape index (κ1) is 19.7. The van der Waals surface area contributed by atoms with Crippen LogP contribution in [0.5, 0.6) is 5.75 Å². The van der Waals surface area contributed by atoms with E-state index in [1.165, 1.54) is 12.1 Å². The number of carboxylic acid groups (broad SMARTS) is 1. The van der Waals surface area contributed by atoms with Gasteiger partial charge in [-0.3, -0.25) is 4.79 Å². The van der Waals surface area contributed by atoms with Crippen LogP contribution in [0.25, 0.3) is 10.8 Å². The average molecular weight is 421 g/mol. The molecule has 7 heteroatoms. The maximum atomic E-state index is 12.8. The third kappa shape index (κ3) is 3.93. The highest BCUT2D eigenvalue weighted by Gasteiger charge is 2.23. The van der Waals surface area contributed by atoms with Crippen LogP contribution in [0.15, 0.2) is 48.5 Å².